The summed E-state index contributed by atoms with van der Waals surface area (Å²) in [6, 6.07) is 14.3. The number of nitrogens with one attached hydrogen (secondary N) is 2. The van der Waals surface area contributed by atoms with E-state index in [-0.39, 0.29) is 51.2 Å². The van der Waals surface area contributed by atoms with Crippen LogP contribution in [-0.4, -0.2) is 113 Å². The molecule has 55 heavy (non-hydrogen) atoms. The van der Waals surface area contributed by atoms with Crippen molar-refractivity contribution in [2.24, 2.45) is 5.92 Å². The van der Waals surface area contributed by atoms with E-state index in [0.29, 0.717) is 62.5 Å². The van der Waals surface area contributed by atoms with Gasteiger partial charge in [0.05, 0.1) is 36.7 Å². The molecule has 5 heterocycles. The number of nitrogens with zero attached hydrogens (tertiary/aromatic N) is 3. The molecule has 0 spiro atoms. The molecule has 13 heteroatoms. The molecular weight excluding hydrogens is 741 g/mol. The van der Waals surface area contributed by atoms with Crippen LogP contribution in [0.1, 0.15) is 74.5 Å². The maximum absolute atomic E-state index is 14.0. The first-order valence-electron chi connectivity index (χ1n) is 19.9. The molecule has 4 saturated heterocycles. The van der Waals surface area contributed by atoms with Gasteiger partial charge in [0.1, 0.15) is 0 Å². The number of benzene rings is 2. The zero-order valence-corrected chi connectivity index (χ0v) is 33.1. The number of hydrogen-bond acceptors (Lipinski definition) is 8. The molecule has 2 aromatic rings. The number of piperidine rings is 1. The molecule has 0 aromatic heterocycles. The number of amides is 1. The van der Waals surface area contributed by atoms with Crippen molar-refractivity contribution in [3.05, 3.63) is 91.7 Å². The summed E-state index contributed by atoms with van der Waals surface area (Å²) in [5.74, 6) is -3.47. The van der Waals surface area contributed by atoms with Crippen LogP contribution in [-0.2, 0) is 32.1 Å². The van der Waals surface area contributed by atoms with E-state index in [1.54, 1.807) is 23.1 Å². The van der Waals surface area contributed by atoms with Gasteiger partial charge >= 0.3 is 11.9 Å². The van der Waals surface area contributed by atoms with Gasteiger partial charge in [0.15, 0.2) is 0 Å². The van der Waals surface area contributed by atoms with Crippen LogP contribution in [0.2, 0.25) is 10.0 Å². The van der Waals surface area contributed by atoms with E-state index >= 15 is 0 Å². The second kappa shape index (κ2) is 17.8. The number of carbonyl (C=O) groups excluding carboxylic acids is 1. The smallest absolute Gasteiger partial charge is 0.334 e. The molecular formula is C42H53Cl2N5O6. The van der Waals surface area contributed by atoms with Gasteiger partial charge in [0.25, 0.3) is 0 Å². The summed E-state index contributed by atoms with van der Waals surface area (Å²) in [5, 5.41) is 28.7. The molecule has 4 fully saturated rings. The summed E-state index contributed by atoms with van der Waals surface area (Å²) >= 11 is 13.4. The summed E-state index contributed by atoms with van der Waals surface area (Å²) in [6.07, 6.45) is 6.37. The van der Waals surface area contributed by atoms with E-state index in [0.717, 1.165) is 56.7 Å². The Morgan fingerprint density at radius 3 is 2.16 bits per heavy atom. The maximum atomic E-state index is 14.0. The Morgan fingerprint density at radius 2 is 1.49 bits per heavy atom. The Morgan fingerprint density at radius 1 is 0.818 bits per heavy atom. The molecule has 7 rings (SSSR count). The lowest BCUT2D eigenvalue weighted by Crippen LogP contribution is -2.56. The number of carbonyl (C=O) groups is 3. The van der Waals surface area contributed by atoms with Gasteiger partial charge in [-0.2, -0.15) is 0 Å². The molecule has 296 valence electrons. The Bertz CT molecular complexity index is 1800. The average molecular weight is 795 g/mol. The standard InChI is InChI=1S/C42H53Cl2N5O6/c1-26-21-29-22-30(23-34(26)45-29)48-15-17-49(18-16-48)36(50)24-35-39(42(53)54)40(37-31(43)9-6-10-32(37)44)38(41(51)52)33(46-35)12-11-27-7-2-3-8-28(27)25-55-20-19-47-13-4-5-14-47/h2-3,6-10,26,29-30,34,40,45-46H,4-5,11-25H2,1H3,(H,51,52)(H,53,54). The van der Waals surface area contributed by atoms with E-state index < -0.39 is 17.9 Å². The predicted octanol–water partition coefficient (Wildman–Crippen LogP) is 5.67. The van der Waals surface area contributed by atoms with Crippen molar-refractivity contribution in [1.82, 2.24) is 25.3 Å². The number of carboxylic acids is 2. The second-order valence-corrected chi connectivity index (χ2v) is 16.7. The van der Waals surface area contributed by atoms with E-state index in [1.165, 1.54) is 19.3 Å². The van der Waals surface area contributed by atoms with Gasteiger partial charge < -0.3 is 35.4 Å². The highest BCUT2D eigenvalue weighted by Gasteiger charge is 2.43. The van der Waals surface area contributed by atoms with Crippen molar-refractivity contribution in [1.29, 1.82) is 0 Å². The monoisotopic (exact) mass is 793 g/mol. The van der Waals surface area contributed by atoms with Crippen LogP contribution < -0.4 is 10.6 Å². The number of aryl methyl sites for hydroxylation is 1. The third-order valence-corrected chi connectivity index (χ3v) is 13.1. The quantitative estimate of drug-likeness (QED) is 0.178. The summed E-state index contributed by atoms with van der Waals surface area (Å²) in [6.45, 7) is 9.09. The lowest BCUT2D eigenvalue weighted by molar-refractivity contribution is -0.133. The third-order valence-electron chi connectivity index (χ3n) is 12.4. The van der Waals surface area contributed by atoms with Gasteiger partial charge in [-0.1, -0.05) is 60.5 Å². The first-order valence-corrected chi connectivity index (χ1v) is 20.6. The summed E-state index contributed by atoms with van der Waals surface area (Å²) in [7, 11) is 0. The highest BCUT2D eigenvalue weighted by molar-refractivity contribution is 6.36. The number of rotatable bonds is 14. The highest BCUT2D eigenvalue weighted by atomic mass is 35.5. The highest BCUT2D eigenvalue weighted by Crippen LogP contribution is 2.45. The molecule has 11 nitrogen and oxygen atoms in total. The third kappa shape index (κ3) is 9.08. The van der Waals surface area contributed by atoms with Crippen molar-refractivity contribution in [3.63, 3.8) is 0 Å². The number of likely N-dealkylation sites (tertiary alicyclic amines) is 1. The fraction of sp³-hybridized carbons (Fsp3) is 0.548. The van der Waals surface area contributed by atoms with Crippen LogP contribution in [0, 0.1) is 5.92 Å². The van der Waals surface area contributed by atoms with Crippen molar-refractivity contribution in [2.45, 2.75) is 88.9 Å². The fourth-order valence-electron chi connectivity index (χ4n) is 9.54. The van der Waals surface area contributed by atoms with Crippen molar-refractivity contribution >= 4 is 41.0 Å². The molecule has 5 unspecified atom stereocenters. The lowest BCUT2D eigenvalue weighted by Gasteiger charge is -2.43. The zero-order valence-electron chi connectivity index (χ0n) is 31.6. The minimum absolute atomic E-state index is 0.148. The Balaban J connectivity index is 1.11. The Hall–Kier alpha value is -3.45. The second-order valence-electron chi connectivity index (χ2n) is 15.9. The van der Waals surface area contributed by atoms with E-state index in [4.69, 9.17) is 27.9 Å². The number of fused-ring (bicyclic) bond motifs is 2. The molecule has 2 bridgehead atoms. The topological polar surface area (TPSA) is 135 Å². The number of halogens is 2. The molecule has 5 atom stereocenters. The molecule has 0 radical (unpaired) electrons. The van der Waals surface area contributed by atoms with Gasteiger partial charge in [0.2, 0.25) is 5.91 Å². The molecule has 0 aliphatic carbocycles. The normalized spacial score (nSPS) is 26.1. The Labute approximate surface area is 333 Å². The van der Waals surface area contributed by atoms with Gasteiger partial charge in [-0.05, 0) is 87.2 Å². The number of piperazine rings is 1. The molecule has 4 N–H and O–H groups in total. The van der Waals surface area contributed by atoms with Crippen LogP contribution in [0.5, 0.6) is 0 Å². The minimum Gasteiger partial charge on any atom is -0.478 e. The van der Waals surface area contributed by atoms with Crippen LogP contribution in [0.3, 0.4) is 0 Å². The number of allylic oxidation sites excluding steroid dienone is 1. The van der Waals surface area contributed by atoms with Crippen LogP contribution in [0.25, 0.3) is 0 Å². The number of aliphatic carboxylic acids is 2. The van der Waals surface area contributed by atoms with E-state index in [9.17, 15) is 24.6 Å². The largest absolute Gasteiger partial charge is 0.478 e. The van der Waals surface area contributed by atoms with Crippen LogP contribution >= 0.6 is 23.2 Å². The lowest BCUT2D eigenvalue weighted by atomic mass is 9.78. The van der Waals surface area contributed by atoms with E-state index in [1.807, 2.05) is 24.3 Å². The fourth-order valence-corrected chi connectivity index (χ4v) is 10.2. The molecule has 2 aromatic carbocycles. The SMILES string of the molecule is CC1CC2CC(N3CCN(C(=O)CC4=C(C(=O)O)C(c5c(Cl)cccc5Cl)C(C(=O)O)=C(CCc5ccccc5COCCN5CCCC5)N4)CC3)CC1N2. The number of hydrogen-bond donors (Lipinski definition) is 4. The zero-order chi connectivity index (χ0) is 38.6. The maximum Gasteiger partial charge on any atom is 0.334 e. The first-order chi connectivity index (χ1) is 26.6. The number of ether oxygens (including phenoxy) is 1. The van der Waals surface area contributed by atoms with Crippen LogP contribution in [0.4, 0.5) is 0 Å². The van der Waals surface area contributed by atoms with Gasteiger partial charge in [-0.15, -0.1) is 0 Å². The minimum atomic E-state index is -1.34. The molecule has 5 aliphatic heterocycles. The first kappa shape index (κ1) is 39.8. The van der Waals surface area contributed by atoms with Crippen molar-refractivity contribution < 1.29 is 29.3 Å². The summed E-state index contributed by atoms with van der Waals surface area (Å²) in [4.78, 5) is 47.1. The summed E-state index contributed by atoms with van der Waals surface area (Å²) < 4.78 is 6.08. The molecule has 1 amide bonds. The Kier molecular flexibility index (Phi) is 12.9. The number of dihydropyridines is 1. The average Bonchev–Trinajstić information content (AvgIpc) is 3.78. The molecule has 5 aliphatic rings. The van der Waals surface area contributed by atoms with E-state index in [2.05, 4.69) is 27.4 Å². The van der Waals surface area contributed by atoms with Crippen molar-refractivity contribution in [2.75, 3.05) is 52.4 Å². The number of carboxylic acid groups (broad SMARTS) is 2. The van der Waals surface area contributed by atoms with Crippen molar-refractivity contribution in [3.8, 4) is 0 Å². The molecule has 0 saturated carbocycles. The summed E-state index contributed by atoms with van der Waals surface area (Å²) in [5.41, 5.74) is 2.28. The van der Waals surface area contributed by atoms with Crippen LogP contribution in [0.15, 0.2) is 65.0 Å². The van der Waals surface area contributed by atoms with Gasteiger partial charge in [0, 0.05) is 77.9 Å². The van der Waals surface area contributed by atoms with Gasteiger partial charge in [-0.3, -0.25) is 9.69 Å². The predicted molar refractivity (Wildman–Crippen MR) is 212 cm³/mol. The van der Waals surface area contributed by atoms with Gasteiger partial charge in [-0.25, -0.2) is 9.59 Å².